The summed E-state index contributed by atoms with van der Waals surface area (Å²) in [4.78, 5) is 11.8. The van der Waals surface area contributed by atoms with Crippen LogP contribution < -0.4 is 0 Å². The molecular formula is C13H19F5O4. The van der Waals surface area contributed by atoms with Crippen molar-refractivity contribution in [1.82, 2.24) is 0 Å². The van der Waals surface area contributed by atoms with Gasteiger partial charge in [0.2, 0.25) is 0 Å². The van der Waals surface area contributed by atoms with E-state index in [1.807, 2.05) is 0 Å². The van der Waals surface area contributed by atoms with E-state index in [0.717, 1.165) is 0 Å². The van der Waals surface area contributed by atoms with Gasteiger partial charge in [-0.3, -0.25) is 4.79 Å². The molecule has 130 valence electrons. The molecule has 0 bridgehead atoms. The zero-order valence-electron chi connectivity index (χ0n) is 12.5. The van der Waals surface area contributed by atoms with Crippen molar-refractivity contribution in [3.05, 3.63) is 0 Å². The van der Waals surface area contributed by atoms with Gasteiger partial charge in [0.25, 0.3) is 5.60 Å². The third kappa shape index (κ3) is 3.19. The highest BCUT2D eigenvalue weighted by atomic mass is 19.4. The van der Waals surface area contributed by atoms with E-state index in [0.29, 0.717) is 6.42 Å². The first-order valence-electron chi connectivity index (χ1n) is 6.77. The van der Waals surface area contributed by atoms with Crippen LogP contribution in [0.25, 0.3) is 0 Å². The molecule has 0 aliphatic carbocycles. The quantitative estimate of drug-likeness (QED) is 0.634. The van der Waals surface area contributed by atoms with Crippen LogP contribution in [0.1, 0.15) is 33.6 Å². The molecule has 1 saturated heterocycles. The maximum Gasteiger partial charge on any atom is 0.426 e. The van der Waals surface area contributed by atoms with Crippen LogP contribution >= 0.6 is 0 Å². The maximum absolute atomic E-state index is 13.5. The maximum atomic E-state index is 13.5. The molecular weight excluding hydrogens is 315 g/mol. The first-order chi connectivity index (χ1) is 9.79. The van der Waals surface area contributed by atoms with Crippen LogP contribution in [-0.2, 0) is 14.3 Å². The first kappa shape index (κ1) is 19.1. The first-order valence-corrected chi connectivity index (χ1v) is 6.77. The van der Waals surface area contributed by atoms with Crippen molar-refractivity contribution in [3.63, 3.8) is 0 Å². The lowest BCUT2D eigenvalue weighted by Gasteiger charge is -2.44. The third-order valence-electron chi connectivity index (χ3n) is 4.07. The normalized spacial score (nSPS) is 29.2. The molecule has 1 fully saturated rings. The van der Waals surface area contributed by atoms with E-state index in [4.69, 9.17) is 4.74 Å². The second-order valence-corrected chi connectivity index (χ2v) is 5.95. The van der Waals surface area contributed by atoms with Crippen molar-refractivity contribution in [2.75, 3.05) is 13.2 Å². The van der Waals surface area contributed by atoms with Crippen molar-refractivity contribution in [1.29, 1.82) is 0 Å². The predicted octanol–water partition coefficient (Wildman–Crippen LogP) is 2.89. The summed E-state index contributed by atoms with van der Waals surface area (Å²) in [5.41, 5.74) is -5.35. The molecule has 9 heteroatoms. The van der Waals surface area contributed by atoms with Gasteiger partial charge in [-0.05, 0) is 26.7 Å². The van der Waals surface area contributed by atoms with Gasteiger partial charge in [0.15, 0.2) is 0 Å². The Morgan fingerprint density at radius 2 is 1.91 bits per heavy atom. The average Bonchev–Trinajstić information content (AvgIpc) is 2.38. The average molecular weight is 334 g/mol. The molecule has 0 aromatic carbocycles. The molecule has 2 unspecified atom stereocenters. The SMILES string of the molecule is CCC(C)(C)C(=O)OCC1CCOC(F)(F)C1(O)C(F)(F)F. The van der Waals surface area contributed by atoms with Gasteiger partial charge in [0.1, 0.15) is 0 Å². The van der Waals surface area contributed by atoms with Crippen molar-refractivity contribution < 1.29 is 41.3 Å². The minimum Gasteiger partial charge on any atom is -0.465 e. The summed E-state index contributed by atoms with van der Waals surface area (Å²) in [6, 6.07) is 0. The van der Waals surface area contributed by atoms with Crippen LogP contribution in [-0.4, -0.2) is 42.2 Å². The molecule has 1 aliphatic heterocycles. The molecule has 22 heavy (non-hydrogen) atoms. The van der Waals surface area contributed by atoms with E-state index in [-0.39, 0.29) is 0 Å². The van der Waals surface area contributed by atoms with Gasteiger partial charge in [0.05, 0.1) is 18.6 Å². The molecule has 0 amide bonds. The Balaban J connectivity index is 2.95. The molecule has 2 atom stereocenters. The summed E-state index contributed by atoms with van der Waals surface area (Å²) in [6.07, 6.45) is -10.6. The van der Waals surface area contributed by atoms with Crippen LogP contribution in [0.2, 0.25) is 0 Å². The largest absolute Gasteiger partial charge is 0.465 e. The number of ether oxygens (including phenoxy) is 2. The molecule has 0 radical (unpaired) electrons. The summed E-state index contributed by atoms with van der Waals surface area (Å²) >= 11 is 0. The molecule has 1 aliphatic rings. The highest BCUT2D eigenvalue weighted by Gasteiger charge is 2.75. The van der Waals surface area contributed by atoms with Gasteiger partial charge in [-0.25, -0.2) is 0 Å². The Kier molecular flexibility index (Phi) is 5.13. The number of aliphatic hydroxyl groups is 1. The molecule has 4 nitrogen and oxygen atoms in total. The minimum absolute atomic E-state index is 0.360. The zero-order chi connectivity index (χ0) is 17.4. The standard InChI is InChI=1S/C13H19F5O4/c1-4-10(2,3)9(19)21-7-8-5-6-22-13(17,18)11(8,20)12(14,15)16/h8,20H,4-7H2,1-3H3. The second kappa shape index (κ2) is 5.92. The van der Waals surface area contributed by atoms with Gasteiger partial charge in [0, 0.05) is 5.92 Å². The minimum atomic E-state index is -5.63. The number of alkyl halides is 5. The number of hydrogen-bond donors (Lipinski definition) is 1. The van der Waals surface area contributed by atoms with Crippen molar-refractivity contribution in [2.45, 2.75) is 51.5 Å². The van der Waals surface area contributed by atoms with E-state index in [2.05, 4.69) is 4.74 Å². The predicted molar refractivity (Wildman–Crippen MR) is 65.0 cm³/mol. The number of esters is 1. The fraction of sp³-hybridized carbons (Fsp3) is 0.923. The summed E-state index contributed by atoms with van der Waals surface area (Å²) in [5.74, 6) is -2.82. The highest BCUT2D eigenvalue weighted by Crippen LogP contribution is 2.51. The lowest BCUT2D eigenvalue weighted by Crippen LogP contribution is -2.67. The van der Waals surface area contributed by atoms with Gasteiger partial charge < -0.3 is 14.6 Å². The number of carbonyl (C=O) groups is 1. The van der Waals surface area contributed by atoms with Gasteiger partial charge in [-0.15, -0.1) is 0 Å². The van der Waals surface area contributed by atoms with E-state index in [9.17, 15) is 31.9 Å². The Morgan fingerprint density at radius 1 is 1.36 bits per heavy atom. The fourth-order valence-electron chi connectivity index (χ4n) is 2.00. The van der Waals surface area contributed by atoms with Crippen molar-refractivity contribution >= 4 is 5.97 Å². The molecule has 1 rings (SSSR count). The van der Waals surface area contributed by atoms with Crippen LogP contribution in [0.3, 0.4) is 0 Å². The Morgan fingerprint density at radius 3 is 2.36 bits per heavy atom. The summed E-state index contributed by atoms with van der Waals surface area (Å²) < 4.78 is 74.3. The molecule has 0 spiro atoms. The Bertz CT molecular complexity index is 421. The van der Waals surface area contributed by atoms with E-state index < -0.39 is 54.8 Å². The van der Waals surface area contributed by atoms with E-state index >= 15 is 0 Å². The Hall–Kier alpha value is -0.960. The van der Waals surface area contributed by atoms with E-state index in [1.54, 1.807) is 6.92 Å². The Labute approximate surface area is 124 Å². The van der Waals surface area contributed by atoms with Gasteiger partial charge in [-0.1, -0.05) is 6.92 Å². The lowest BCUT2D eigenvalue weighted by atomic mass is 9.81. The second-order valence-electron chi connectivity index (χ2n) is 5.95. The van der Waals surface area contributed by atoms with E-state index in [1.165, 1.54) is 13.8 Å². The third-order valence-corrected chi connectivity index (χ3v) is 4.07. The zero-order valence-corrected chi connectivity index (χ0v) is 12.5. The monoisotopic (exact) mass is 334 g/mol. The highest BCUT2D eigenvalue weighted by molar-refractivity contribution is 5.75. The number of carbonyl (C=O) groups excluding carboxylic acids is 1. The lowest BCUT2D eigenvalue weighted by molar-refractivity contribution is -0.437. The van der Waals surface area contributed by atoms with Crippen LogP contribution in [0.15, 0.2) is 0 Å². The van der Waals surface area contributed by atoms with Crippen LogP contribution in [0.4, 0.5) is 22.0 Å². The molecule has 1 heterocycles. The van der Waals surface area contributed by atoms with Gasteiger partial charge >= 0.3 is 18.3 Å². The van der Waals surface area contributed by atoms with Crippen molar-refractivity contribution in [3.8, 4) is 0 Å². The summed E-state index contributed by atoms with van der Waals surface area (Å²) in [7, 11) is 0. The number of rotatable bonds is 4. The molecule has 0 saturated carbocycles. The summed E-state index contributed by atoms with van der Waals surface area (Å²) in [5, 5.41) is 9.58. The number of halogens is 5. The van der Waals surface area contributed by atoms with Crippen molar-refractivity contribution in [2.24, 2.45) is 11.3 Å². The molecule has 0 aromatic heterocycles. The van der Waals surface area contributed by atoms with Crippen LogP contribution in [0, 0.1) is 11.3 Å². The summed E-state index contributed by atoms with van der Waals surface area (Å²) in [6.45, 7) is 3.08. The number of hydrogen-bond acceptors (Lipinski definition) is 4. The molecule has 1 N–H and O–H groups in total. The fourth-order valence-corrected chi connectivity index (χ4v) is 2.00. The van der Waals surface area contributed by atoms with Gasteiger partial charge in [-0.2, -0.15) is 22.0 Å². The van der Waals surface area contributed by atoms with Crippen LogP contribution in [0.5, 0.6) is 0 Å². The topological polar surface area (TPSA) is 55.8 Å². The molecule has 0 aromatic rings. The smallest absolute Gasteiger partial charge is 0.426 e.